The first-order chi connectivity index (χ1) is 13.4. The second-order valence-electron chi connectivity index (χ2n) is 6.84. The fourth-order valence-electron chi connectivity index (χ4n) is 2.45. The molecule has 1 unspecified atom stereocenters. The van der Waals surface area contributed by atoms with Crippen molar-refractivity contribution in [1.82, 2.24) is 10.3 Å². The number of hydrogen-bond acceptors (Lipinski definition) is 4. The summed E-state index contributed by atoms with van der Waals surface area (Å²) in [4.78, 5) is 28.5. The van der Waals surface area contributed by atoms with Crippen molar-refractivity contribution in [3.8, 4) is 5.75 Å². The number of anilines is 1. The first kappa shape index (κ1) is 22.2. The fraction of sp³-hybridized carbons (Fsp3) is 0.350. The van der Waals surface area contributed by atoms with Gasteiger partial charge in [-0.15, -0.1) is 13.2 Å². The van der Waals surface area contributed by atoms with Crippen LogP contribution in [0.2, 0.25) is 0 Å². The van der Waals surface area contributed by atoms with Crippen molar-refractivity contribution >= 4 is 17.6 Å². The highest BCUT2D eigenvalue weighted by Crippen LogP contribution is 2.23. The monoisotopic (exact) mass is 409 g/mol. The number of pyridine rings is 1. The Kier molecular flexibility index (Phi) is 6.84. The molecule has 0 aliphatic carbocycles. The molecule has 0 saturated heterocycles. The summed E-state index contributed by atoms with van der Waals surface area (Å²) < 4.78 is 40.4. The van der Waals surface area contributed by atoms with E-state index >= 15 is 0 Å². The van der Waals surface area contributed by atoms with Crippen LogP contribution < -0.4 is 15.4 Å². The van der Waals surface area contributed by atoms with Gasteiger partial charge in [-0.3, -0.25) is 9.59 Å². The zero-order chi connectivity index (χ0) is 21.8. The number of aryl methyl sites for hydroxylation is 1. The number of nitrogens with zero attached hydrogens (tertiary/aromatic N) is 1. The summed E-state index contributed by atoms with van der Waals surface area (Å²) in [6, 6.07) is 7.65. The predicted octanol–water partition coefficient (Wildman–Crippen LogP) is 4.37. The van der Waals surface area contributed by atoms with Crippen LogP contribution >= 0.6 is 0 Å². The van der Waals surface area contributed by atoms with E-state index in [1.54, 1.807) is 39.8 Å². The Balaban J connectivity index is 2.09. The fourth-order valence-corrected chi connectivity index (χ4v) is 2.45. The first-order valence-corrected chi connectivity index (χ1v) is 8.90. The molecule has 0 spiro atoms. The van der Waals surface area contributed by atoms with E-state index in [1.165, 1.54) is 12.1 Å². The van der Waals surface area contributed by atoms with Crippen LogP contribution in [0.15, 0.2) is 36.4 Å². The van der Waals surface area contributed by atoms with Gasteiger partial charge in [0.2, 0.25) is 5.91 Å². The maximum atomic E-state index is 12.4. The highest BCUT2D eigenvalue weighted by Gasteiger charge is 2.31. The van der Waals surface area contributed by atoms with Crippen molar-refractivity contribution in [3.63, 3.8) is 0 Å². The molecule has 2 N–H and O–H groups in total. The largest absolute Gasteiger partial charge is 0.573 e. The molecule has 2 aromatic rings. The SMILES string of the molecule is Cc1cc(C(C)NC(=O)c2ccc(OC(F)(F)F)cc2)cc(NC(=O)C(C)C)n1. The molecule has 1 aromatic carbocycles. The number of alkyl halides is 3. The highest BCUT2D eigenvalue weighted by atomic mass is 19.4. The standard InChI is InChI=1S/C20H22F3N3O3/c1-11(2)18(27)26-17-10-15(9-12(3)24-17)13(4)25-19(28)14-5-7-16(8-6-14)29-20(21,22)23/h5-11,13H,1-4H3,(H,25,28)(H,24,26,27). The summed E-state index contributed by atoms with van der Waals surface area (Å²) in [6.07, 6.45) is -4.79. The zero-order valence-electron chi connectivity index (χ0n) is 16.4. The van der Waals surface area contributed by atoms with E-state index < -0.39 is 24.1 Å². The van der Waals surface area contributed by atoms with Gasteiger partial charge in [-0.1, -0.05) is 13.8 Å². The van der Waals surface area contributed by atoms with Crippen molar-refractivity contribution in [2.24, 2.45) is 5.92 Å². The number of amides is 2. The Morgan fingerprint density at radius 1 is 1.07 bits per heavy atom. The van der Waals surface area contributed by atoms with Crippen LogP contribution in [0.25, 0.3) is 0 Å². The molecule has 0 saturated carbocycles. The molecule has 2 amide bonds. The minimum absolute atomic E-state index is 0.174. The van der Waals surface area contributed by atoms with Gasteiger partial charge in [0, 0.05) is 17.2 Å². The maximum Gasteiger partial charge on any atom is 0.573 e. The summed E-state index contributed by atoms with van der Waals surface area (Å²) in [5.41, 5.74) is 1.57. The van der Waals surface area contributed by atoms with Gasteiger partial charge in [-0.05, 0) is 55.8 Å². The average Bonchev–Trinajstić information content (AvgIpc) is 2.60. The van der Waals surface area contributed by atoms with Crippen molar-refractivity contribution in [2.75, 3.05) is 5.32 Å². The summed E-state index contributed by atoms with van der Waals surface area (Å²) in [5, 5.41) is 5.49. The van der Waals surface area contributed by atoms with Gasteiger partial charge < -0.3 is 15.4 Å². The molecule has 1 atom stereocenters. The number of hydrogen-bond donors (Lipinski definition) is 2. The predicted molar refractivity (Wildman–Crippen MR) is 101 cm³/mol. The Hall–Kier alpha value is -3.10. The van der Waals surface area contributed by atoms with Gasteiger partial charge in [0.05, 0.1) is 6.04 Å². The van der Waals surface area contributed by atoms with Crippen LogP contribution in [0.3, 0.4) is 0 Å². The number of carbonyl (C=O) groups is 2. The minimum Gasteiger partial charge on any atom is -0.406 e. The molecule has 9 heteroatoms. The third kappa shape index (κ3) is 6.78. The molecule has 0 fully saturated rings. The van der Waals surface area contributed by atoms with E-state index in [9.17, 15) is 22.8 Å². The molecule has 29 heavy (non-hydrogen) atoms. The zero-order valence-corrected chi connectivity index (χ0v) is 16.4. The van der Waals surface area contributed by atoms with Gasteiger partial charge >= 0.3 is 6.36 Å². The third-order valence-electron chi connectivity index (χ3n) is 3.95. The van der Waals surface area contributed by atoms with E-state index in [4.69, 9.17) is 0 Å². The molecule has 1 heterocycles. The lowest BCUT2D eigenvalue weighted by molar-refractivity contribution is -0.274. The number of halogens is 3. The van der Waals surface area contributed by atoms with Gasteiger partial charge in [-0.25, -0.2) is 4.98 Å². The maximum absolute atomic E-state index is 12.4. The van der Waals surface area contributed by atoms with E-state index in [1.807, 2.05) is 0 Å². The minimum atomic E-state index is -4.79. The second-order valence-corrected chi connectivity index (χ2v) is 6.84. The number of aromatic nitrogens is 1. The summed E-state index contributed by atoms with van der Waals surface area (Å²) >= 11 is 0. The third-order valence-corrected chi connectivity index (χ3v) is 3.95. The van der Waals surface area contributed by atoms with Crippen LogP contribution in [0, 0.1) is 12.8 Å². The molecule has 0 aliphatic rings. The quantitative estimate of drug-likeness (QED) is 0.742. The van der Waals surface area contributed by atoms with Gasteiger partial charge in [0.15, 0.2) is 0 Å². The molecule has 156 valence electrons. The number of carbonyl (C=O) groups excluding carboxylic acids is 2. The second kappa shape index (κ2) is 8.93. The highest BCUT2D eigenvalue weighted by molar-refractivity contribution is 5.94. The number of ether oxygens (including phenoxy) is 1. The van der Waals surface area contributed by atoms with Crippen LogP contribution in [0.1, 0.15) is 48.4 Å². The summed E-state index contributed by atoms with van der Waals surface area (Å²) in [6.45, 7) is 7.05. The Morgan fingerprint density at radius 3 is 2.24 bits per heavy atom. The molecule has 0 bridgehead atoms. The van der Waals surface area contributed by atoms with Crippen LogP contribution in [-0.4, -0.2) is 23.2 Å². The van der Waals surface area contributed by atoms with Gasteiger partial charge in [0.25, 0.3) is 5.91 Å². The Labute approximate surface area is 166 Å². The van der Waals surface area contributed by atoms with E-state index in [0.717, 1.165) is 17.7 Å². The lowest BCUT2D eigenvalue weighted by Crippen LogP contribution is -2.27. The van der Waals surface area contributed by atoms with Crippen LogP contribution in [0.5, 0.6) is 5.75 Å². The number of rotatable bonds is 6. The molecule has 0 radical (unpaired) electrons. The van der Waals surface area contributed by atoms with Crippen LogP contribution in [-0.2, 0) is 4.79 Å². The molecule has 1 aromatic heterocycles. The van der Waals surface area contributed by atoms with Gasteiger partial charge in [-0.2, -0.15) is 0 Å². The average molecular weight is 409 g/mol. The molecular weight excluding hydrogens is 387 g/mol. The Morgan fingerprint density at radius 2 is 1.69 bits per heavy atom. The van der Waals surface area contributed by atoms with Crippen molar-refractivity contribution in [2.45, 2.75) is 40.1 Å². The van der Waals surface area contributed by atoms with E-state index in [0.29, 0.717) is 11.5 Å². The van der Waals surface area contributed by atoms with E-state index in [2.05, 4.69) is 20.4 Å². The summed E-state index contributed by atoms with van der Waals surface area (Å²) in [7, 11) is 0. The molecule has 6 nitrogen and oxygen atoms in total. The molecule has 2 rings (SSSR count). The van der Waals surface area contributed by atoms with Crippen molar-refractivity contribution < 1.29 is 27.5 Å². The number of benzene rings is 1. The topological polar surface area (TPSA) is 80.3 Å². The van der Waals surface area contributed by atoms with E-state index in [-0.39, 0.29) is 17.4 Å². The Bertz CT molecular complexity index is 881. The lowest BCUT2D eigenvalue weighted by Gasteiger charge is -2.17. The first-order valence-electron chi connectivity index (χ1n) is 8.90. The van der Waals surface area contributed by atoms with Crippen LogP contribution in [0.4, 0.5) is 19.0 Å². The smallest absolute Gasteiger partial charge is 0.406 e. The molecular formula is C20H22F3N3O3. The van der Waals surface area contributed by atoms with Crippen molar-refractivity contribution in [3.05, 3.63) is 53.2 Å². The van der Waals surface area contributed by atoms with Crippen molar-refractivity contribution in [1.29, 1.82) is 0 Å². The molecule has 0 aliphatic heterocycles. The summed E-state index contributed by atoms with van der Waals surface area (Å²) in [5.74, 6) is -0.863. The lowest BCUT2D eigenvalue weighted by atomic mass is 10.1. The van der Waals surface area contributed by atoms with Gasteiger partial charge in [0.1, 0.15) is 11.6 Å². The normalized spacial score (nSPS) is 12.4. The number of nitrogens with one attached hydrogen (secondary N) is 2.